The fraction of sp³-hybridized carbons (Fsp3) is 0.790. The van der Waals surface area contributed by atoms with Crippen molar-refractivity contribution in [1.29, 1.82) is 0 Å². The molecule has 11 amide bonds. The molecule has 6 N–H and O–H groups in total. The largest absolute Gasteiger partial charge is 0.390 e. The maximum absolute atomic E-state index is 15.1. The van der Waals surface area contributed by atoms with Gasteiger partial charge in [0, 0.05) is 61.7 Å². The summed E-state index contributed by atoms with van der Waals surface area (Å²) < 4.78 is 0. The molecule has 0 aromatic carbocycles. The van der Waals surface area contributed by atoms with Gasteiger partial charge >= 0.3 is 0 Å². The Morgan fingerprint density at radius 3 is 1.40 bits per heavy atom. The molecule has 0 bridgehead atoms. The Bertz CT molecular complexity index is 2370. The summed E-state index contributed by atoms with van der Waals surface area (Å²) in [5, 5.41) is 34.0. The van der Waals surface area contributed by atoms with Crippen LogP contribution in [0.1, 0.15) is 156 Å². The lowest BCUT2D eigenvalue weighted by Gasteiger charge is -2.41. The minimum Gasteiger partial charge on any atom is -0.390 e. The summed E-state index contributed by atoms with van der Waals surface area (Å²) in [5.41, 5.74) is -1.55. The van der Waals surface area contributed by atoms with Crippen LogP contribution >= 0.6 is 0 Å². The standard InChI is InChI=1S/C62H111N11O13/c1-25-27-28-39(13)51(75)50-55(79)65-42(26-2)57(81)67(18)33-47(74)68(19)46(32-62(16,17)86)54(78)66-48(37(9)10)60(84)69(20)43(29-34(3)4)53(77)63-40(14)52(76)64-41(15)56(80)70(21)44(30-35(5)6)58(82)71(22)45(31-36(7)8)59(83)72(23)49(38(11)12)61(85)73(50)24/h27-28,34-46,48-51,75,86H,25-26,29-33H2,1-24H3,(H,63,77)(H,64,76)(H,65,79)(H,66,78)/b28-27+/t39-,40+,41-,42+,43+,44+,45+,46+,48+,49+,50+,51-/m1/s1. The Morgan fingerprint density at radius 1 is 0.500 bits per heavy atom. The molecule has 0 aromatic rings. The van der Waals surface area contributed by atoms with Crippen molar-refractivity contribution >= 4 is 65.0 Å². The van der Waals surface area contributed by atoms with Crippen LogP contribution in [0.5, 0.6) is 0 Å². The first-order chi connectivity index (χ1) is 39.5. The van der Waals surface area contributed by atoms with Gasteiger partial charge in [-0.15, -0.1) is 0 Å². The molecule has 0 aromatic heterocycles. The van der Waals surface area contributed by atoms with E-state index in [-0.39, 0.29) is 49.9 Å². The Hall–Kier alpha value is -6.17. The number of amides is 11. The first-order valence-corrected chi connectivity index (χ1v) is 30.6. The van der Waals surface area contributed by atoms with Gasteiger partial charge in [0.05, 0.1) is 18.2 Å². The molecule has 12 atom stereocenters. The summed E-state index contributed by atoms with van der Waals surface area (Å²) in [5.74, 6) is -10.4. The predicted molar refractivity (Wildman–Crippen MR) is 330 cm³/mol. The first kappa shape index (κ1) is 77.8. The highest BCUT2D eigenvalue weighted by atomic mass is 16.3. The molecule has 492 valence electrons. The van der Waals surface area contributed by atoms with Crippen molar-refractivity contribution in [3.05, 3.63) is 12.2 Å². The van der Waals surface area contributed by atoms with Gasteiger partial charge in [0.1, 0.15) is 60.4 Å². The number of aliphatic hydroxyl groups excluding tert-OH is 1. The van der Waals surface area contributed by atoms with E-state index >= 15 is 9.59 Å². The summed E-state index contributed by atoms with van der Waals surface area (Å²) in [6.07, 6.45) is 2.58. The van der Waals surface area contributed by atoms with Crippen LogP contribution in [0.2, 0.25) is 0 Å². The highest BCUT2D eigenvalue weighted by Crippen LogP contribution is 2.25. The molecule has 24 heteroatoms. The third kappa shape index (κ3) is 21.9. The van der Waals surface area contributed by atoms with Crippen molar-refractivity contribution in [1.82, 2.24) is 55.6 Å². The minimum absolute atomic E-state index is 0.0163. The number of nitrogens with one attached hydrogen (secondary N) is 4. The van der Waals surface area contributed by atoms with Gasteiger partial charge in [-0.3, -0.25) is 52.7 Å². The third-order valence-corrected chi connectivity index (χ3v) is 16.0. The number of carbonyl (C=O) groups is 11. The summed E-state index contributed by atoms with van der Waals surface area (Å²) in [6, 6.07) is -12.9. The normalized spacial score (nSPS) is 26.9. The van der Waals surface area contributed by atoms with Crippen LogP contribution in [0, 0.1) is 35.5 Å². The minimum atomic E-state index is -1.65. The number of hydrogen-bond donors (Lipinski definition) is 6. The van der Waals surface area contributed by atoms with Crippen LogP contribution in [-0.4, -0.2) is 237 Å². The summed E-state index contributed by atoms with van der Waals surface area (Å²) >= 11 is 0. The van der Waals surface area contributed by atoms with Crippen LogP contribution in [0.3, 0.4) is 0 Å². The number of allylic oxidation sites excluding steroid dienone is 1. The second-order valence-electron chi connectivity index (χ2n) is 26.4. The number of carbonyl (C=O) groups excluding carboxylic acids is 11. The molecule has 1 saturated heterocycles. The van der Waals surface area contributed by atoms with Crippen LogP contribution in [-0.2, 0) is 52.7 Å². The lowest BCUT2D eigenvalue weighted by atomic mass is 9.92. The number of hydrogen-bond acceptors (Lipinski definition) is 13. The molecular formula is C62H111N11O13. The predicted octanol–water partition coefficient (Wildman–Crippen LogP) is 2.38. The first-order valence-electron chi connectivity index (χ1n) is 30.6. The SMILES string of the molecule is CC/C=C/[C@@H](C)[C@@H](O)[C@H]1C(=O)N[C@@H](CC)C(=O)N(C)CC(=O)N(C)[C@@H](CC(C)(C)O)C(=O)N[C@@H](C(C)C)C(=O)N(C)[C@@H](CC(C)C)C(=O)N[C@@H](C)C(=O)N[C@H](C)C(=O)N(C)[C@@H](CC(C)C)C(=O)N(C)[C@@H](CC(C)C)C(=O)N(C)[C@@H](C(C)C)C(=O)N1C. The number of aliphatic hydroxyl groups is 2. The van der Waals surface area contributed by atoms with Crippen molar-refractivity contribution in [3.63, 3.8) is 0 Å². The lowest BCUT2D eigenvalue weighted by Crippen LogP contribution is -2.63. The van der Waals surface area contributed by atoms with E-state index in [1.807, 2.05) is 48.5 Å². The van der Waals surface area contributed by atoms with Crippen molar-refractivity contribution in [3.8, 4) is 0 Å². The van der Waals surface area contributed by atoms with Gasteiger partial charge in [-0.1, -0.05) is 102 Å². The summed E-state index contributed by atoms with van der Waals surface area (Å²) in [4.78, 5) is 168. The monoisotopic (exact) mass is 1220 g/mol. The van der Waals surface area contributed by atoms with Crippen molar-refractivity contribution in [2.75, 3.05) is 55.9 Å². The van der Waals surface area contributed by atoms with Crippen molar-refractivity contribution in [2.45, 2.75) is 228 Å². The van der Waals surface area contributed by atoms with E-state index in [0.29, 0.717) is 6.42 Å². The quantitative estimate of drug-likeness (QED) is 0.129. The van der Waals surface area contributed by atoms with E-state index in [4.69, 9.17) is 0 Å². The molecule has 1 rings (SSSR count). The molecule has 86 heavy (non-hydrogen) atoms. The zero-order chi connectivity index (χ0) is 66.9. The van der Waals surface area contributed by atoms with Gasteiger partial charge in [0.25, 0.3) is 0 Å². The highest BCUT2D eigenvalue weighted by molar-refractivity contribution is 5.99. The maximum Gasteiger partial charge on any atom is 0.246 e. The molecule has 24 nitrogen and oxygen atoms in total. The van der Waals surface area contributed by atoms with E-state index in [2.05, 4.69) is 21.3 Å². The smallest absolute Gasteiger partial charge is 0.246 e. The Balaban J connectivity index is 4.36. The summed E-state index contributed by atoms with van der Waals surface area (Å²) in [7, 11) is 9.66. The average Bonchev–Trinajstić information content (AvgIpc) is 3.54. The topological polar surface area (TPSA) is 299 Å². The van der Waals surface area contributed by atoms with Crippen LogP contribution in [0.25, 0.3) is 0 Å². The molecule has 0 spiro atoms. The lowest BCUT2D eigenvalue weighted by molar-refractivity contribution is -0.157. The van der Waals surface area contributed by atoms with Crippen LogP contribution < -0.4 is 21.3 Å². The Labute approximate surface area is 513 Å². The average molecular weight is 1220 g/mol. The van der Waals surface area contributed by atoms with Crippen LogP contribution in [0.4, 0.5) is 0 Å². The summed E-state index contributed by atoms with van der Waals surface area (Å²) in [6.45, 7) is 28.2. The molecule has 0 unspecified atom stereocenters. The van der Waals surface area contributed by atoms with Gasteiger partial charge in [-0.2, -0.15) is 0 Å². The molecule has 0 saturated carbocycles. The maximum atomic E-state index is 15.1. The molecule has 1 aliphatic heterocycles. The van der Waals surface area contributed by atoms with Gasteiger partial charge in [-0.25, -0.2) is 0 Å². The van der Waals surface area contributed by atoms with Gasteiger partial charge in [0.2, 0.25) is 65.0 Å². The third-order valence-electron chi connectivity index (χ3n) is 16.0. The molecule has 1 heterocycles. The van der Waals surface area contributed by atoms with Crippen molar-refractivity contribution < 1.29 is 63.0 Å². The number of likely N-dealkylation sites (N-methyl/N-ethyl adjacent to an activating group) is 7. The fourth-order valence-corrected chi connectivity index (χ4v) is 10.6. The molecule has 0 radical (unpaired) electrons. The highest BCUT2D eigenvalue weighted by Gasteiger charge is 2.46. The number of nitrogens with zero attached hydrogens (tertiary/aromatic N) is 7. The Morgan fingerprint density at radius 2 is 0.942 bits per heavy atom. The van der Waals surface area contributed by atoms with E-state index in [9.17, 15) is 53.4 Å². The zero-order valence-corrected chi connectivity index (χ0v) is 56.4. The molecule has 1 aliphatic rings. The van der Waals surface area contributed by atoms with E-state index in [1.54, 1.807) is 53.7 Å². The zero-order valence-electron chi connectivity index (χ0n) is 56.4. The molecule has 1 fully saturated rings. The van der Waals surface area contributed by atoms with Crippen molar-refractivity contribution in [2.24, 2.45) is 35.5 Å². The fourth-order valence-electron chi connectivity index (χ4n) is 10.6. The molecular weight excluding hydrogens is 1110 g/mol. The van der Waals surface area contributed by atoms with E-state index in [1.165, 1.54) is 96.6 Å². The molecule has 0 aliphatic carbocycles. The Kier molecular flexibility index (Phi) is 31.1. The van der Waals surface area contributed by atoms with E-state index < -0.39 is 161 Å². The second kappa shape index (κ2) is 34.4. The van der Waals surface area contributed by atoms with Gasteiger partial charge < -0.3 is 65.8 Å². The van der Waals surface area contributed by atoms with E-state index in [0.717, 1.165) is 14.7 Å². The second-order valence-corrected chi connectivity index (χ2v) is 26.4. The van der Waals surface area contributed by atoms with Crippen LogP contribution in [0.15, 0.2) is 12.2 Å². The number of rotatable bonds is 15. The van der Waals surface area contributed by atoms with Gasteiger partial charge in [-0.05, 0) is 89.4 Å². The van der Waals surface area contributed by atoms with Gasteiger partial charge in [0.15, 0.2) is 0 Å².